The second kappa shape index (κ2) is 7.46. The molecule has 1 unspecified atom stereocenters. The van der Waals surface area contributed by atoms with Crippen LogP contribution in [0.4, 0.5) is 5.95 Å². The highest BCUT2D eigenvalue weighted by atomic mass is 31.2. The minimum Gasteiger partial charge on any atom is -0.404 e. The van der Waals surface area contributed by atoms with E-state index in [0.717, 1.165) is 24.1 Å². The first-order valence-corrected chi connectivity index (χ1v) is 10.6. The van der Waals surface area contributed by atoms with E-state index in [2.05, 4.69) is 25.3 Å². The van der Waals surface area contributed by atoms with E-state index in [1.54, 1.807) is 18.2 Å². The number of rotatable bonds is 5. The first-order valence-electron chi connectivity index (χ1n) is 8.56. The number of amides is 1. The van der Waals surface area contributed by atoms with Crippen LogP contribution in [0.1, 0.15) is 10.4 Å². The maximum atomic E-state index is 12.7. The lowest BCUT2D eigenvalue weighted by Crippen LogP contribution is -2.12. The first-order chi connectivity index (χ1) is 13.9. The van der Waals surface area contributed by atoms with E-state index < -0.39 is 7.60 Å². The van der Waals surface area contributed by atoms with Gasteiger partial charge >= 0.3 is 7.60 Å². The average molecular weight is 409 g/mol. The summed E-state index contributed by atoms with van der Waals surface area (Å²) < 4.78 is 16.5. The van der Waals surface area contributed by atoms with E-state index >= 15 is 0 Å². The fourth-order valence-electron chi connectivity index (χ4n) is 2.75. The topological polar surface area (TPSA) is 130 Å². The molecule has 0 spiro atoms. The van der Waals surface area contributed by atoms with E-state index in [9.17, 15) is 14.3 Å². The smallest absolute Gasteiger partial charge is 0.374 e. The number of carbonyl (C=O) groups is 1. The van der Waals surface area contributed by atoms with Crippen LogP contribution < -0.4 is 9.84 Å². The Kier molecular flexibility index (Phi) is 4.84. The van der Waals surface area contributed by atoms with Gasteiger partial charge in [0.2, 0.25) is 5.95 Å². The Bertz CT molecular complexity index is 1240. The molecule has 29 heavy (non-hydrogen) atoms. The number of nitrogens with one attached hydrogen (secondary N) is 2. The van der Waals surface area contributed by atoms with Crippen LogP contribution >= 0.6 is 7.60 Å². The molecule has 1 atom stereocenters. The van der Waals surface area contributed by atoms with Gasteiger partial charge in [0.25, 0.3) is 11.8 Å². The van der Waals surface area contributed by atoms with Crippen molar-refractivity contribution >= 4 is 30.6 Å². The predicted molar refractivity (Wildman–Crippen MR) is 108 cm³/mol. The third kappa shape index (κ3) is 4.31. The molecule has 4 aromatic rings. The molecular formula is C19H16N5O4P. The molecule has 0 bridgehead atoms. The van der Waals surface area contributed by atoms with Crippen LogP contribution in [-0.4, -0.2) is 37.4 Å². The van der Waals surface area contributed by atoms with Crippen molar-refractivity contribution in [3.05, 3.63) is 66.5 Å². The number of carbonyl (C=O) groups excluding carboxylic acids is 1. The number of aromatic amines is 1. The Morgan fingerprint density at radius 2 is 1.86 bits per heavy atom. The normalized spacial score (nSPS) is 13.0. The minimum atomic E-state index is -3.82. The summed E-state index contributed by atoms with van der Waals surface area (Å²) in [4.78, 5) is 36.9. The van der Waals surface area contributed by atoms with Gasteiger partial charge in [0.05, 0.1) is 0 Å². The molecule has 0 aliphatic heterocycles. The Morgan fingerprint density at radius 1 is 1.10 bits per heavy atom. The largest absolute Gasteiger partial charge is 0.404 e. The van der Waals surface area contributed by atoms with Crippen molar-refractivity contribution in [3.8, 4) is 17.0 Å². The molecular weight excluding hydrogens is 393 g/mol. The molecule has 0 fully saturated rings. The zero-order valence-corrected chi connectivity index (χ0v) is 16.1. The number of hydrogen-bond donors (Lipinski definition) is 3. The van der Waals surface area contributed by atoms with E-state index in [0.29, 0.717) is 5.56 Å². The van der Waals surface area contributed by atoms with E-state index in [1.165, 1.54) is 0 Å². The third-order valence-electron chi connectivity index (χ3n) is 3.97. The number of aromatic nitrogens is 4. The number of hydrogen-bond acceptors (Lipinski definition) is 6. The molecule has 0 radical (unpaired) electrons. The number of fused-ring (bicyclic) bond motifs is 1. The minimum absolute atomic E-state index is 0.115. The summed E-state index contributed by atoms with van der Waals surface area (Å²) in [6.45, 7) is 1.04. The average Bonchev–Trinajstić information content (AvgIpc) is 3.11. The quantitative estimate of drug-likeness (QED) is 0.430. The van der Waals surface area contributed by atoms with Crippen molar-refractivity contribution in [1.82, 2.24) is 19.9 Å². The highest BCUT2D eigenvalue weighted by molar-refractivity contribution is 7.52. The molecule has 0 aliphatic rings. The van der Waals surface area contributed by atoms with Gasteiger partial charge in [-0.3, -0.25) is 10.1 Å². The summed E-state index contributed by atoms with van der Waals surface area (Å²) in [6.07, 6.45) is 1.16. The summed E-state index contributed by atoms with van der Waals surface area (Å²) in [6, 6.07) is 16.9. The van der Waals surface area contributed by atoms with Gasteiger partial charge < -0.3 is 14.4 Å². The number of H-pyrrole nitrogens is 1. The molecule has 4 rings (SSSR count). The number of benzene rings is 2. The van der Waals surface area contributed by atoms with Crippen LogP contribution in [0.3, 0.4) is 0 Å². The summed E-state index contributed by atoms with van der Waals surface area (Å²) in [5, 5.41) is 2.66. The van der Waals surface area contributed by atoms with Gasteiger partial charge in [-0.25, -0.2) is 9.55 Å². The van der Waals surface area contributed by atoms with Crippen molar-refractivity contribution in [2.75, 3.05) is 12.0 Å². The van der Waals surface area contributed by atoms with Gasteiger partial charge in [-0.05, 0) is 23.3 Å². The standard InChI is InChI=1S/C19H16N5O4P/c1-29(26,27)28-18-15-16(20-11-21-18)23-19(22-15)24-17(25)14-9-5-8-13(10-14)12-6-3-2-4-7-12/h2-11H,1H3,(H,26,27)(H2,20,21,22,23,24,25). The maximum Gasteiger partial charge on any atom is 0.374 e. The van der Waals surface area contributed by atoms with Gasteiger partial charge in [-0.15, -0.1) is 0 Å². The Balaban J connectivity index is 1.60. The third-order valence-corrected chi connectivity index (χ3v) is 4.48. The lowest BCUT2D eigenvalue weighted by atomic mass is 10.0. The zero-order chi connectivity index (χ0) is 20.4. The lowest BCUT2D eigenvalue weighted by molar-refractivity contribution is 0.102. The molecule has 0 aliphatic carbocycles. The van der Waals surface area contributed by atoms with Crippen LogP contribution in [0, 0.1) is 0 Å². The predicted octanol–water partition coefficient (Wildman–Crippen LogP) is 3.47. The van der Waals surface area contributed by atoms with Crippen LogP contribution in [0.5, 0.6) is 5.88 Å². The number of nitrogens with zero attached hydrogens (tertiary/aromatic N) is 3. The van der Waals surface area contributed by atoms with Crippen molar-refractivity contribution in [1.29, 1.82) is 0 Å². The fourth-order valence-corrected chi connectivity index (χ4v) is 3.21. The Labute approximate surface area is 165 Å². The SMILES string of the molecule is CP(=O)(O)Oc1ncnc2nc(NC(=O)c3cccc(-c4ccccc4)c3)[nH]c12. The first kappa shape index (κ1) is 18.8. The van der Waals surface area contributed by atoms with Crippen molar-refractivity contribution < 1.29 is 18.8 Å². The second-order valence-corrected chi connectivity index (χ2v) is 8.05. The van der Waals surface area contributed by atoms with Crippen LogP contribution in [-0.2, 0) is 4.57 Å². The molecule has 2 aromatic carbocycles. The zero-order valence-electron chi connectivity index (χ0n) is 15.2. The molecule has 3 N–H and O–H groups in total. The molecule has 2 aromatic heterocycles. The van der Waals surface area contributed by atoms with Gasteiger partial charge in [0, 0.05) is 12.2 Å². The molecule has 0 saturated heterocycles. The summed E-state index contributed by atoms with van der Waals surface area (Å²) in [5.41, 5.74) is 2.75. The van der Waals surface area contributed by atoms with E-state index in [-0.39, 0.29) is 28.9 Å². The monoisotopic (exact) mass is 409 g/mol. The summed E-state index contributed by atoms with van der Waals surface area (Å²) in [5.74, 6) is -0.382. The number of imidazole rings is 1. The lowest BCUT2D eigenvalue weighted by Gasteiger charge is -2.07. The Morgan fingerprint density at radius 3 is 2.62 bits per heavy atom. The van der Waals surface area contributed by atoms with Crippen LogP contribution in [0.25, 0.3) is 22.3 Å². The molecule has 9 nitrogen and oxygen atoms in total. The molecule has 146 valence electrons. The van der Waals surface area contributed by atoms with E-state index in [1.807, 2.05) is 36.4 Å². The summed E-state index contributed by atoms with van der Waals surface area (Å²) in [7, 11) is -3.82. The fraction of sp³-hybridized carbons (Fsp3) is 0.0526. The molecule has 10 heteroatoms. The van der Waals surface area contributed by atoms with Gasteiger partial charge in [-0.2, -0.15) is 9.97 Å². The van der Waals surface area contributed by atoms with Crippen molar-refractivity contribution in [3.63, 3.8) is 0 Å². The molecule has 0 saturated carbocycles. The highest BCUT2D eigenvalue weighted by Gasteiger charge is 2.19. The van der Waals surface area contributed by atoms with Gasteiger partial charge in [0.1, 0.15) is 11.8 Å². The molecule has 2 heterocycles. The molecule has 1 amide bonds. The van der Waals surface area contributed by atoms with E-state index in [4.69, 9.17) is 4.52 Å². The number of anilines is 1. The van der Waals surface area contributed by atoms with Crippen LogP contribution in [0.2, 0.25) is 0 Å². The summed E-state index contributed by atoms with van der Waals surface area (Å²) >= 11 is 0. The van der Waals surface area contributed by atoms with Crippen LogP contribution in [0.15, 0.2) is 60.9 Å². The second-order valence-electron chi connectivity index (χ2n) is 6.26. The highest BCUT2D eigenvalue weighted by Crippen LogP contribution is 2.39. The maximum absolute atomic E-state index is 12.7. The van der Waals surface area contributed by atoms with Crippen molar-refractivity contribution in [2.45, 2.75) is 0 Å². The van der Waals surface area contributed by atoms with Crippen molar-refractivity contribution in [2.24, 2.45) is 0 Å². The van der Waals surface area contributed by atoms with Gasteiger partial charge in [0.15, 0.2) is 5.65 Å². The Hall–Kier alpha value is -3.55. The van der Waals surface area contributed by atoms with Gasteiger partial charge in [-0.1, -0.05) is 42.5 Å².